The summed E-state index contributed by atoms with van der Waals surface area (Å²) in [5.41, 5.74) is 1.47. The highest BCUT2D eigenvalue weighted by Gasteiger charge is 2.15. The zero-order chi connectivity index (χ0) is 16.3. The lowest BCUT2D eigenvalue weighted by molar-refractivity contribution is 0.102. The van der Waals surface area contributed by atoms with E-state index in [1.54, 1.807) is 50.4 Å². The molecular formula is C16H17NO4S. The van der Waals surface area contributed by atoms with Gasteiger partial charge in [0.1, 0.15) is 5.75 Å². The lowest BCUT2D eigenvalue weighted by Gasteiger charge is -2.09. The second kappa shape index (κ2) is 6.19. The van der Waals surface area contributed by atoms with Crippen LogP contribution in [-0.4, -0.2) is 27.7 Å². The smallest absolute Gasteiger partial charge is 0.255 e. The van der Waals surface area contributed by atoms with Gasteiger partial charge in [-0.1, -0.05) is 12.1 Å². The first-order chi connectivity index (χ1) is 10.3. The molecule has 0 bridgehead atoms. The van der Waals surface area contributed by atoms with Gasteiger partial charge in [-0.05, 0) is 36.8 Å². The molecule has 0 spiro atoms. The van der Waals surface area contributed by atoms with Gasteiger partial charge in [0.2, 0.25) is 0 Å². The van der Waals surface area contributed by atoms with Crippen LogP contribution in [0.25, 0.3) is 0 Å². The Hall–Kier alpha value is -2.34. The number of benzene rings is 2. The normalized spacial score (nSPS) is 11.0. The van der Waals surface area contributed by atoms with Crippen LogP contribution in [0.3, 0.4) is 0 Å². The van der Waals surface area contributed by atoms with E-state index in [9.17, 15) is 13.2 Å². The van der Waals surface area contributed by atoms with Crippen molar-refractivity contribution in [3.05, 3.63) is 53.6 Å². The molecule has 0 heterocycles. The topological polar surface area (TPSA) is 72.5 Å². The molecule has 0 aromatic heterocycles. The quantitative estimate of drug-likeness (QED) is 0.940. The van der Waals surface area contributed by atoms with Crippen LogP contribution >= 0.6 is 0 Å². The largest absolute Gasteiger partial charge is 0.497 e. The van der Waals surface area contributed by atoms with Crippen molar-refractivity contribution in [1.82, 2.24) is 0 Å². The molecule has 1 amide bonds. The van der Waals surface area contributed by atoms with Crippen molar-refractivity contribution >= 4 is 21.4 Å². The van der Waals surface area contributed by atoms with Crippen LogP contribution < -0.4 is 10.1 Å². The van der Waals surface area contributed by atoms with E-state index >= 15 is 0 Å². The van der Waals surface area contributed by atoms with Gasteiger partial charge in [-0.25, -0.2) is 8.42 Å². The summed E-state index contributed by atoms with van der Waals surface area (Å²) in [6.07, 6.45) is 1.12. The second-order valence-corrected chi connectivity index (χ2v) is 6.92. The number of rotatable bonds is 4. The lowest BCUT2D eigenvalue weighted by Crippen LogP contribution is -2.13. The van der Waals surface area contributed by atoms with E-state index in [2.05, 4.69) is 5.32 Å². The van der Waals surface area contributed by atoms with Crippen molar-refractivity contribution in [3.63, 3.8) is 0 Å². The van der Waals surface area contributed by atoms with Crippen LogP contribution in [0.15, 0.2) is 47.4 Å². The molecule has 2 rings (SSSR count). The molecule has 5 nitrogen and oxygen atoms in total. The fourth-order valence-corrected chi connectivity index (χ4v) is 3.04. The summed E-state index contributed by atoms with van der Waals surface area (Å²) in [4.78, 5) is 12.4. The van der Waals surface area contributed by atoms with Crippen LogP contribution in [0.4, 0.5) is 5.69 Å². The van der Waals surface area contributed by atoms with Crippen molar-refractivity contribution in [2.24, 2.45) is 0 Å². The van der Waals surface area contributed by atoms with Gasteiger partial charge < -0.3 is 10.1 Å². The molecule has 0 saturated heterocycles. The number of hydrogen-bond donors (Lipinski definition) is 1. The van der Waals surface area contributed by atoms with E-state index < -0.39 is 9.84 Å². The van der Waals surface area contributed by atoms with Crippen LogP contribution in [-0.2, 0) is 9.84 Å². The van der Waals surface area contributed by atoms with Gasteiger partial charge in [0.25, 0.3) is 5.91 Å². The zero-order valence-corrected chi connectivity index (χ0v) is 13.4. The highest BCUT2D eigenvalue weighted by Crippen LogP contribution is 2.20. The summed E-state index contributed by atoms with van der Waals surface area (Å²) >= 11 is 0. The molecule has 0 aliphatic carbocycles. The predicted molar refractivity (Wildman–Crippen MR) is 85.2 cm³/mol. The summed E-state index contributed by atoms with van der Waals surface area (Å²) in [7, 11) is -1.83. The Morgan fingerprint density at radius 2 is 1.86 bits per heavy atom. The minimum absolute atomic E-state index is 0.158. The standard InChI is InChI=1S/C16H17NO4S/c1-11-7-8-12(9-15(11)22(3,19)20)16(18)17-13-5-4-6-14(10-13)21-2/h4-10H,1-3H3,(H,17,18). The number of anilines is 1. The minimum atomic E-state index is -3.37. The van der Waals surface area contributed by atoms with Crippen molar-refractivity contribution in [3.8, 4) is 5.75 Å². The number of aryl methyl sites for hydroxylation is 1. The number of sulfone groups is 1. The fraction of sp³-hybridized carbons (Fsp3) is 0.188. The number of methoxy groups -OCH3 is 1. The monoisotopic (exact) mass is 319 g/mol. The number of carbonyl (C=O) groups is 1. The van der Waals surface area contributed by atoms with Gasteiger partial charge in [-0.2, -0.15) is 0 Å². The third-order valence-corrected chi connectivity index (χ3v) is 4.42. The summed E-state index contributed by atoms with van der Waals surface area (Å²) < 4.78 is 28.5. The molecule has 22 heavy (non-hydrogen) atoms. The van der Waals surface area contributed by atoms with Gasteiger partial charge in [-0.3, -0.25) is 4.79 Å². The second-order valence-electron chi connectivity index (χ2n) is 4.94. The first-order valence-electron chi connectivity index (χ1n) is 6.57. The minimum Gasteiger partial charge on any atom is -0.497 e. The molecule has 116 valence electrons. The Kier molecular flexibility index (Phi) is 4.51. The highest BCUT2D eigenvalue weighted by atomic mass is 32.2. The van der Waals surface area contributed by atoms with Crippen LogP contribution in [0.5, 0.6) is 5.75 Å². The average molecular weight is 319 g/mol. The SMILES string of the molecule is COc1cccc(NC(=O)c2ccc(C)c(S(C)(=O)=O)c2)c1. The molecule has 2 aromatic carbocycles. The molecule has 2 aromatic rings. The number of nitrogens with one attached hydrogen (secondary N) is 1. The lowest BCUT2D eigenvalue weighted by atomic mass is 10.1. The van der Waals surface area contributed by atoms with Crippen molar-refractivity contribution in [2.45, 2.75) is 11.8 Å². The van der Waals surface area contributed by atoms with E-state index in [0.29, 0.717) is 17.0 Å². The third-order valence-electron chi connectivity index (χ3n) is 3.18. The first-order valence-corrected chi connectivity index (χ1v) is 8.46. The van der Waals surface area contributed by atoms with Crippen molar-refractivity contribution in [2.75, 3.05) is 18.7 Å². The molecule has 0 radical (unpaired) electrons. The van der Waals surface area contributed by atoms with Crippen LogP contribution in [0.2, 0.25) is 0 Å². The number of hydrogen-bond acceptors (Lipinski definition) is 4. The van der Waals surface area contributed by atoms with Crippen LogP contribution in [0.1, 0.15) is 15.9 Å². The van der Waals surface area contributed by atoms with Crippen molar-refractivity contribution < 1.29 is 17.9 Å². The summed E-state index contributed by atoms with van der Waals surface area (Å²) in [6.45, 7) is 1.69. The Morgan fingerprint density at radius 1 is 1.14 bits per heavy atom. The van der Waals surface area contributed by atoms with E-state index in [1.165, 1.54) is 6.07 Å². The maximum Gasteiger partial charge on any atom is 0.255 e. The summed E-state index contributed by atoms with van der Waals surface area (Å²) in [6, 6.07) is 11.5. The molecule has 0 saturated carbocycles. The van der Waals surface area contributed by atoms with Gasteiger partial charge in [0, 0.05) is 23.6 Å². The van der Waals surface area contributed by atoms with Gasteiger partial charge >= 0.3 is 0 Å². The first kappa shape index (κ1) is 16.0. The third kappa shape index (κ3) is 3.65. The summed E-state index contributed by atoms with van der Waals surface area (Å²) in [5.74, 6) is 0.247. The maximum absolute atomic E-state index is 12.3. The molecule has 0 aliphatic heterocycles. The maximum atomic E-state index is 12.3. The van der Waals surface area contributed by atoms with E-state index in [4.69, 9.17) is 4.74 Å². The number of ether oxygens (including phenoxy) is 1. The molecule has 6 heteroatoms. The molecule has 1 N–H and O–H groups in total. The van der Waals surface area contributed by atoms with E-state index in [0.717, 1.165) is 6.26 Å². The predicted octanol–water partition coefficient (Wildman–Crippen LogP) is 2.66. The molecule has 0 fully saturated rings. The van der Waals surface area contributed by atoms with Gasteiger partial charge in [0.15, 0.2) is 9.84 Å². The molecule has 0 atom stereocenters. The Labute approximate surface area is 129 Å². The van der Waals surface area contributed by atoms with Gasteiger partial charge in [0.05, 0.1) is 12.0 Å². The van der Waals surface area contributed by atoms with E-state index in [-0.39, 0.29) is 16.4 Å². The average Bonchev–Trinajstić information content (AvgIpc) is 2.46. The fourth-order valence-electron chi connectivity index (χ4n) is 2.04. The highest BCUT2D eigenvalue weighted by molar-refractivity contribution is 7.90. The molecular weight excluding hydrogens is 302 g/mol. The Morgan fingerprint density at radius 3 is 2.50 bits per heavy atom. The molecule has 0 aliphatic rings. The van der Waals surface area contributed by atoms with Gasteiger partial charge in [-0.15, -0.1) is 0 Å². The van der Waals surface area contributed by atoms with Crippen LogP contribution in [0, 0.1) is 6.92 Å². The number of carbonyl (C=O) groups excluding carboxylic acids is 1. The number of amides is 1. The molecule has 0 unspecified atom stereocenters. The van der Waals surface area contributed by atoms with E-state index in [1.807, 2.05) is 0 Å². The zero-order valence-electron chi connectivity index (χ0n) is 12.6. The van der Waals surface area contributed by atoms with Crippen molar-refractivity contribution in [1.29, 1.82) is 0 Å². The Bertz CT molecular complexity index is 813. The Balaban J connectivity index is 2.30. The summed E-state index contributed by atoms with van der Waals surface area (Å²) in [5, 5.41) is 2.72.